The van der Waals surface area contributed by atoms with Gasteiger partial charge in [0.2, 0.25) is 11.8 Å². The zero-order valence-corrected chi connectivity index (χ0v) is 25.1. The molecule has 3 aromatic carbocycles. The highest BCUT2D eigenvalue weighted by Crippen LogP contribution is 2.40. The van der Waals surface area contributed by atoms with Gasteiger partial charge in [0.25, 0.3) is 0 Å². The average molecular weight is 599 g/mol. The molecular weight excluding hydrogens is 564 g/mol. The van der Waals surface area contributed by atoms with Crippen LogP contribution in [0.5, 0.6) is 0 Å². The van der Waals surface area contributed by atoms with Gasteiger partial charge in [0.15, 0.2) is 11.4 Å². The van der Waals surface area contributed by atoms with Gasteiger partial charge in [-0.2, -0.15) is 4.99 Å². The molecule has 0 fully saturated rings. The number of oxime groups is 1. The molecule has 0 saturated heterocycles. The van der Waals surface area contributed by atoms with E-state index in [1.54, 1.807) is 5.38 Å². The summed E-state index contributed by atoms with van der Waals surface area (Å²) >= 11 is 1.28. The van der Waals surface area contributed by atoms with Crippen molar-refractivity contribution in [2.75, 3.05) is 11.9 Å². The van der Waals surface area contributed by atoms with Crippen molar-refractivity contribution >= 4 is 34.2 Å². The third-order valence-electron chi connectivity index (χ3n) is 6.39. The number of carboxylic acid groups (broad SMARTS) is 1. The van der Waals surface area contributed by atoms with Crippen LogP contribution in [-0.4, -0.2) is 46.3 Å². The Morgan fingerprint density at radius 2 is 1.49 bits per heavy atom. The van der Waals surface area contributed by atoms with E-state index in [4.69, 9.17) is 9.57 Å². The van der Waals surface area contributed by atoms with Crippen molar-refractivity contribution in [1.82, 2.24) is 4.98 Å². The Morgan fingerprint density at radius 3 is 1.95 bits per heavy atom. The summed E-state index contributed by atoms with van der Waals surface area (Å²) in [5, 5.41) is 19.6. The molecule has 0 bridgehead atoms. The lowest BCUT2D eigenvalue weighted by molar-refractivity contribution is -0.129. The minimum Gasteiger partial charge on any atom is -0.476 e. The lowest BCUT2D eigenvalue weighted by atomic mass is 9.77. The van der Waals surface area contributed by atoms with Crippen LogP contribution in [0.4, 0.5) is 5.13 Å². The summed E-state index contributed by atoms with van der Waals surface area (Å²) in [5.74, 6) is -1.27. The number of nitrogens with zero attached hydrogens (tertiary/aromatic N) is 3. The van der Waals surface area contributed by atoms with Crippen LogP contribution in [0.3, 0.4) is 0 Å². The van der Waals surface area contributed by atoms with Gasteiger partial charge in [-0.25, -0.2) is 14.6 Å². The maximum atomic E-state index is 12.1. The largest absolute Gasteiger partial charge is 0.476 e. The van der Waals surface area contributed by atoms with Gasteiger partial charge in [-0.15, -0.1) is 11.3 Å². The first kappa shape index (κ1) is 31.3. The average Bonchev–Trinajstić information content (AvgIpc) is 3.46. The number of hydrogen-bond donors (Lipinski definition) is 2. The summed E-state index contributed by atoms with van der Waals surface area (Å²) in [6.07, 6.45) is 1.67. The van der Waals surface area contributed by atoms with Gasteiger partial charge in [-0.05, 0) is 50.3 Å². The maximum absolute atomic E-state index is 12.1. The summed E-state index contributed by atoms with van der Waals surface area (Å²) in [4.78, 5) is 36.5. The molecule has 43 heavy (non-hydrogen) atoms. The van der Waals surface area contributed by atoms with Gasteiger partial charge in [-0.3, -0.25) is 0 Å². The van der Waals surface area contributed by atoms with Crippen molar-refractivity contribution < 1.29 is 24.3 Å². The second kappa shape index (κ2) is 14.5. The Hall–Kier alpha value is -4.63. The van der Waals surface area contributed by atoms with E-state index >= 15 is 0 Å². The number of rotatable bonds is 14. The molecule has 9 nitrogen and oxygen atoms in total. The molecule has 0 amide bonds. The van der Waals surface area contributed by atoms with Crippen molar-refractivity contribution in [3.05, 3.63) is 119 Å². The molecule has 1 unspecified atom stereocenters. The molecule has 1 atom stereocenters. The number of hydrogen-bond acceptors (Lipinski definition) is 9. The lowest BCUT2D eigenvalue weighted by Gasteiger charge is -2.36. The summed E-state index contributed by atoms with van der Waals surface area (Å²) in [7, 11) is 0. The Bertz CT molecular complexity index is 1450. The van der Waals surface area contributed by atoms with Crippen molar-refractivity contribution in [3.8, 4) is 0 Å². The number of ether oxygens (including phenoxy) is 1. The third kappa shape index (κ3) is 8.23. The van der Waals surface area contributed by atoms with Gasteiger partial charge in [0.1, 0.15) is 17.8 Å². The molecule has 0 aliphatic heterocycles. The number of aliphatic carboxylic acids is 1. The van der Waals surface area contributed by atoms with Gasteiger partial charge in [-0.1, -0.05) is 96.2 Å². The molecule has 4 rings (SSSR count). The Labute approximate surface area is 254 Å². The molecule has 1 aromatic heterocycles. The molecule has 222 valence electrons. The van der Waals surface area contributed by atoms with Crippen molar-refractivity contribution in [3.63, 3.8) is 0 Å². The lowest BCUT2D eigenvalue weighted by Crippen LogP contribution is -2.38. The molecule has 2 N–H and O–H groups in total. The first-order valence-electron chi connectivity index (χ1n) is 13.8. The number of carbonyl (C=O) groups excluding carboxylic acids is 1. The number of thiazole rings is 1. The van der Waals surface area contributed by atoms with Crippen LogP contribution in [0.1, 0.15) is 56.0 Å². The normalized spacial score (nSPS) is 12.7. The van der Waals surface area contributed by atoms with Crippen molar-refractivity contribution in [1.29, 1.82) is 0 Å². The molecule has 4 aromatic rings. The van der Waals surface area contributed by atoms with Crippen LogP contribution >= 0.6 is 11.3 Å². The van der Waals surface area contributed by atoms with Gasteiger partial charge < -0.3 is 20.0 Å². The molecule has 0 aliphatic rings. The van der Waals surface area contributed by atoms with E-state index in [-0.39, 0.29) is 18.0 Å². The number of nitrogens with one attached hydrogen (secondary N) is 1. The number of benzene rings is 3. The summed E-state index contributed by atoms with van der Waals surface area (Å²) in [6.45, 7) is 5.69. The minimum atomic E-state index is -1.27. The Balaban J connectivity index is 1.58. The van der Waals surface area contributed by atoms with E-state index in [9.17, 15) is 14.7 Å². The number of isocyanates is 1. The van der Waals surface area contributed by atoms with Crippen LogP contribution in [0.15, 0.2) is 107 Å². The fraction of sp³-hybridized carbons (Fsp3) is 0.273. The second-order valence-electron chi connectivity index (χ2n) is 10.6. The van der Waals surface area contributed by atoms with Gasteiger partial charge in [0.05, 0.1) is 5.60 Å². The number of carbonyl (C=O) groups is 1. The fourth-order valence-corrected chi connectivity index (χ4v) is 5.38. The number of carboxylic acids is 1. The zero-order chi connectivity index (χ0) is 30.7. The van der Waals surface area contributed by atoms with Crippen LogP contribution < -0.4 is 5.32 Å². The van der Waals surface area contributed by atoms with E-state index in [0.717, 1.165) is 16.7 Å². The molecule has 0 spiro atoms. The molecule has 10 heteroatoms. The first-order chi connectivity index (χ1) is 20.7. The van der Waals surface area contributed by atoms with E-state index in [1.807, 2.05) is 75.4 Å². The fourth-order valence-electron chi connectivity index (χ4n) is 4.63. The molecular formula is C33H34N4O5S. The third-order valence-corrected chi connectivity index (χ3v) is 7.15. The highest BCUT2D eigenvalue weighted by molar-refractivity contribution is 7.14. The maximum Gasteiger partial charge on any atom is 0.360 e. The van der Waals surface area contributed by atoms with Crippen LogP contribution in [0.2, 0.25) is 0 Å². The van der Waals surface area contributed by atoms with E-state index < -0.39 is 23.3 Å². The predicted octanol–water partition coefficient (Wildman–Crippen LogP) is 6.61. The standard InChI is InChI=1S/C33H34N4O5S/c1-32(2,3)42-28(34-23-38)20-13-21-41-37-29(30(39)40)27-22-43-31(35-27)36-33(24-14-7-4-8-15-24,25-16-9-5-10-17-25)26-18-11-6-12-19-26/h4-12,14-19,22,28H,13,20-21H2,1-3H3,(H,35,36)(H,39,40). The predicted molar refractivity (Wildman–Crippen MR) is 167 cm³/mol. The van der Waals surface area contributed by atoms with E-state index in [2.05, 4.69) is 56.8 Å². The van der Waals surface area contributed by atoms with Gasteiger partial charge >= 0.3 is 5.97 Å². The number of anilines is 1. The Kier molecular flexibility index (Phi) is 10.6. The molecule has 0 aliphatic carbocycles. The van der Waals surface area contributed by atoms with Crippen molar-refractivity contribution in [2.24, 2.45) is 10.1 Å². The van der Waals surface area contributed by atoms with Crippen LogP contribution in [0.25, 0.3) is 0 Å². The number of aromatic nitrogens is 1. The minimum absolute atomic E-state index is 0.101. The monoisotopic (exact) mass is 598 g/mol. The highest BCUT2D eigenvalue weighted by Gasteiger charge is 2.37. The summed E-state index contributed by atoms with van der Waals surface area (Å²) < 4.78 is 5.72. The Morgan fingerprint density at radius 1 is 0.953 bits per heavy atom. The van der Waals surface area contributed by atoms with E-state index in [0.29, 0.717) is 18.0 Å². The SMILES string of the molecule is CC(C)(C)OC(CCCON=C(C(=O)O)c1csc(NC(c2ccccc2)(c2ccccc2)c2ccccc2)n1)N=C=O. The van der Waals surface area contributed by atoms with Crippen LogP contribution in [-0.2, 0) is 24.7 Å². The zero-order valence-electron chi connectivity index (χ0n) is 24.3. The smallest absolute Gasteiger partial charge is 0.360 e. The summed E-state index contributed by atoms with van der Waals surface area (Å²) in [5.41, 5.74) is 1.53. The summed E-state index contributed by atoms with van der Waals surface area (Å²) in [6, 6.07) is 30.1. The quantitative estimate of drug-likeness (QED) is 0.0551. The molecule has 0 saturated carbocycles. The second-order valence-corrected chi connectivity index (χ2v) is 11.5. The molecule has 1 heterocycles. The number of aliphatic imine (C=N–C) groups is 1. The van der Waals surface area contributed by atoms with Gasteiger partial charge in [0, 0.05) is 5.38 Å². The van der Waals surface area contributed by atoms with E-state index in [1.165, 1.54) is 17.4 Å². The highest BCUT2D eigenvalue weighted by atomic mass is 32.1. The first-order valence-corrected chi connectivity index (χ1v) is 14.7. The topological polar surface area (TPSA) is 122 Å². The van der Waals surface area contributed by atoms with Crippen LogP contribution in [0, 0.1) is 0 Å². The molecule has 0 radical (unpaired) electrons. The van der Waals surface area contributed by atoms with Crippen molar-refractivity contribution in [2.45, 2.75) is 51.0 Å².